The molecule has 3 N–H and O–H groups in total. The van der Waals surface area contributed by atoms with Crippen molar-refractivity contribution in [2.45, 2.75) is 26.5 Å². The summed E-state index contributed by atoms with van der Waals surface area (Å²) >= 11 is 0. The molecule has 1 aromatic heterocycles. The first-order valence-electron chi connectivity index (χ1n) is 6.33. The van der Waals surface area contributed by atoms with E-state index in [1.807, 2.05) is 13.8 Å². The monoisotopic (exact) mass is 281 g/mol. The molecule has 0 fully saturated rings. The largest absolute Gasteiger partial charge is 0.387 e. The van der Waals surface area contributed by atoms with Gasteiger partial charge in [-0.1, -0.05) is 6.07 Å². The summed E-state index contributed by atoms with van der Waals surface area (Å²) in [4.78, 5) is 0. The maximum Gasteiger partial charge on any atom is 0.131 e. The quantitative estimate of drug-likeness (QED) is 0.787. The lowest BCUT2D eigenvalue weighted by atomic mass is 10.1. The number of halogens is 2. The fourth-order valence-corrected chi connectivity index (χ4v) is 2.05. The molecule has 0 aliphatic rings. The summed E-state index contributed by atoms with van der Waals surface area (Å²) in [6.45, 7) is 4.49. The van der Waals surface area contributed by atoms with Crippen LogP contribution in [0, 0.1) is 25.5 Å². The highest BCUT2D eigenvalue weighted by Crippen LogP contribution is 2.17. The fourth-order valence-electron chi connectivity index (χ4n) is 2.05. The number of hydrogen-bond acceptors (Lipinski definition) is 3. The Morgan fingerprint density at radius 1 is 1.35 bits per heavy atom. The third kappa shape index (κ3) is 3.20. The Bertz CT molecular complexity index is 579. The van der Waals surface area contributed by atoms with Crippen molar-refractivity contribution in [3.05, 3.63) is 52.3 Å². The summed E-state index contributed by atoms with van der Waals surface area (Å²) in [6.07, 6.45) is -1.02. The molecular weight excluding hydrogens is 264 g/mol. The first kappa shape index (κ1) is 14.6. The number of nitrogens with zero attached hydrogens (tertiary/aromatic N) is 1. The van der Waals surface area contributed by atoms with E-state index < -0.39 is 17.7 Å². The van der Waals surface area contributed by atoms with Crippen LogP contribution in [0.2, 0.25) is 0 Å². The van der Waals surface area contributed by atoms with Gasteiger partial charge < -0.3 is 10.4 Å². The molecule has 0 amide bonds. The summed E-state index contributed by atoms with van der Waals surface area (Å²) < 4.78 is 26.3. The minimum absolute atomic E-state index is 0.0829. The van der Waals surface area contributed by atoms with Gasteiger partial charge in [-0.15, -0.1) is 0 Å². The Morgan fingerprint density at radius 2 is 2.10 bits per heavy atom. The van der Waals surface area contributed by atoms with Crippen LogP contribution in [-0.2, 0) is 6.54 Å². The van der Waals surface area contributed by atoms with E-state index in [9.17, 15) is 13.9 Å². The lowest BCUT2D eigenvalue weighted by Gasteiger charge is -2.13. The van der Waals surface area contributed by atoms with E-state index in [1.54, 1.807) is 0 Å². The predicted octanol–water partition coefficient (Wildman–Crippen LogP) is 2.13. The molecule has 2 aromatic rings. The minimum atomic E-state index is -1.02. The molecule has 1 unspecified atom stereocenters. The highest BCUT2D eigenvalue weighted by Gasteiger charge is 2.14. The number of aromatic nitrogens is 2. The van der Waals surface area contributed by atoms with Crippen LogP contribution in [-0.4, -0.2) is 21.8 Å². The topological polar surface area (TPSA) is 60.9 Å². The Labute approximate surface area is 115 Å². The minimum Gasteiger partial charge on any atom is -0.387 e. The van der Waals surface area contributed by atoms with Crippen molar-refractivity contribution < 1.29 is 13.9 Å². The molecule has 20 heavy (non-hydrogen) atoms. The number of hydrogen-bond donors (Lipinski definition) is 3. The van der Waals surface area contributed by atoms with Crippen molar-refractivity contribution in [2.24, 2.45) is 0 Å². The average Bonchev–Trinajstić information content (AvgIpc) is 2.70. The van der Waals surface area contributed by atoms with Gasteiger partial charge in [-0.2, -0.15) is 5.10 Å². The second-order valence-corrected chi connectivity index (χ2v) is 4.73. The summed E-state index contributed by atoms with van der Waals surface area (Å²) in [5.41, 5.74) is 2.95. The van der Waals surface area contributed by atoms with Crippen LogP contribution in [0.5, 0.6) is 0 Å². The first-order chi connectivity index (χ1) is 9.49. The highest BCUT2D eigenvalue weighted by molar-refractivity contribution is 5.23. The Morgan fingerprint density at radius 3 is 2.70 bits per heavy atom. The van der Waals surface area contributed by atoms with Gasteiger partial charge in [0, 0.05) is 36.0 Å². The first-order valence-corrected chi connectivity index (χ1v) is 6.33. The summed E-state index contributed by atoms with van der Waals surface area (Å²) in [7, 11) is 0. The van der Waals surface area contributed by atoms with Crippen molar-refractivity contribution in [3.8, 4) is 0 Å². The van der Waals surface area contributed by atoms with E-state index in [2.05, 4.69) is 15.5 Å². The van der Waals surface area contributed by atoms with Gasteiger partial charge in [0.15, 0.2) is 0 Å². The predicted molar refractivity (Wildman–Crippen MR) is 71.1 cm³/mol. The Hall–Kier alpha value is -1.79. The third-order valence-electron chi connectivity index (χ3n) is 3.24. The molecule has 1 atom stereocenters. The normalized spacial score (nSPS) is 12.7. The molecule has 0 saturated carbocycles. The maximum absolute atomic E-state index is 13.5. The number of aryl methyl sites for hydroxylation is 2. The Balaban J connectivity index is 1.94. The van der Waals surface area contributed by atoms with Crippen LogP contribution in [0.4, 0.5) is 8.78 Å². The highest BCUT2D eigenvalue weighted by atomic mass is 19.1. The molecule has 0 radical (unpaired) electrons. The standard InChI is InChI=1S/C14H17F2N3O/c1-8-12(9(2)19-18-8)6-17-7-14(20)11-4-3-10(15)5-13(11)16/h3-5,14,17,20H,6-7H2,1-2H3,(H,18,19). The molecule has 1 aromatic carbocycles. The molecule has 0 aliphatic heterocycles. The molecule has 0 bridgehead atoms. The zero-order valence-corrected chi connectivity index (χ0v) is 11.4. The van der Waals surface area contributed by atoms with E-state index in [0.717, 1.165) is 29.1 Å². The van der Waals surface area contributed by atoms with Crippen LogP contribution < -0.4 is 5.32 Å². The van der Waals surface area contributed by atoms with Gasteiger partial charge in [0.1, 0.15) is 11.6 Å². The zero-order chi connectivity index (χ0) is 14.7. The molecule has 0 aliphatic carbocycles. The van der Waals surface area contributed by atoms with E-state index in [0.29, 0.717) is 6.54 Å². The number of aromatic amines is 1. The van der Waals surface area contributed by atoms with Crippen LogP contribution in [0.3, 0.4) is 0 Å². The molecule has 0 saturated heterocycles. The van der Waals surface area contributed by atoms with Gasteiger partial charge >= 0.3 is 0 Å². The summed E-state index contributed by atoms with van der Waals surface area (Å²) in [6, 6.07) is 3.15. The van der Waals surface area contributed by atoms with Crippen molar-refractivity contribution in [1.29, 1.82) is 0 Å². The van der Waals surface area contributed by atoms with Crippen molar-refractivity contribution in [3.63, 3.8) is 0 Å². The number of rotatable bonds is 5. The van der Waals surface area contributed by atoms with Crippen LogP contribution in [0.1, 0.15) is 28.6 Å². The molecule has 4 nitrogen and oxygen atoms in total. The number of benzene rings is 1. The van der Waals surface area contributed by atoms with E-state index in [1.165, 1.54) is 6.07 Å². The van der Waals surface area contributed by atoms with Crippen LogP contribution >= 0.6 is 0 Å². The smallest absolute Gasteiger partial charge is 0.131 e. The second-order valence-electron chi connectivity index (χ2n) is 4.73. The molecular formula is C14H17F2N3O. The molecule has 6 heteroatoms. The number of aliphatic hydroxyl groups excluding tert-OH is 1. The van der Waals surface area contributed by atoms with E-state index >= 15 is 0 Å². The molecule has 108 valence electrons. The van der Waals surface area contributed by atoms with Gasteiger partial charge in [-0.3, -0.25) is 5.10 Å². The number of aliphatic hydroxyl groups is 1. The van der Waals surface area contributed by atoms with Crippen molar-refractivity contribution >= 4 is 0 Å². The lowest BCUT2D eigenvalue weighted by molar-refractivity contribution is 0.169. The van der Waals surface area contributed by atoms with Crippen LogP contribution in [0.25, 0.3) is 0 Å². The van der Waals surface area contributed by atoms with Crippen molar-refractivity contribution in [1.82, 2.24) is 15.5 Å². The zero-order valence-electron chi connectivity index (χ0n) is 11.4. The fraction of sp³-hybridized carbons (Fsp3) is 0.357. The van der Waals surface area contributed by atoms with Crippen LogP contribution in [0.15, 0.2) is 18.2 Å². The second kappa shape index (κ2) is 6.11. The summed E-state index contributed by atoms with van der Waals surface area (Å²) in [5, 5.41) is 19.9. The maximum atomic E-state index is 13.5. The number of H-pyrrole nitrogens is 1. The Kier molecular flexibility index (Phi) is 4.46. The molecule has 0 spiro atoms. The molecule has 1 heterocycles. The third-order valence-corrected chi connectivity index (χ3v) is 3.24. The van der Waals surface area contributed by atoms with E-state index in [-0.39, 0.29) is 12.1 Å². The average molecular weight is 281 g/mol. The van der Waals surface area contributed by atoms with Gasteiger partial charge in [0.25, 0.3) is 0 Å². The van der Waals surface area contributed by atoms with Crippen molar-refractivity contribution in [2.75, 3.05) is 6.54 Å². The lowest BCUT2D eigenvalue weighted by Crippen LogP contribution is -2.22. The SMILES string of the molecule is Cc1n[nH]c(C)c1CNCC(O)c1ccc(F)cc1F. The van der Waals surface area contributed by atoms with Gasteiger partial charge in [-0.05, 0) is 19.9 Å². The van der Waals surface area contributed by atoms with E-state index in [4.69, 9.17) is 0 Å². The van der Waals surface area contributed by atoms with Gasteiger partial charge in [-0.25, -0.2) is 8.78 Å². The number of nitrogens with one attached hydrogen (secondary N) is 2. The summed E-state index contributed by atoms with van der Waals surface area (Å²) in [5.74, 6) is -1.40. The van der Waals surface area contributed by atoms with Gasteiger partial charge in [0.05, 0.1) is 11.8 Å². The molecule has 2 rings (SSSR count). The van der Waals surface area contributed by atoms with Gasteiger partial charge in [0.2, 0.25) is 0 Å².